The van der Waals surface area contributed by atoms with Crippen molar-refractivity contribution in [3.05, 3.63) is 62.7 Å². The zero-order chi connectivity index (χ0) is 41.3. The van der Waals surface area contributed by atoms with Gasteiger partial charge in [-0.3, -0.25) is 19.7 Å². The number of benzene rings is 2. The van der Waals surface area contributed by atoms with Crippen LogP contribution < -0.4 is 36.0 Å². The van der Waals surface area contributed by atoms with Crippen LogP contribution in [-0.4, -0.2) is 107 Å². The molecule has 6 heterocycles. The second kappa shape index (κ2) is 15.0. The lowest BCUT2D eigenvalue weighted by molar-refractivity contribution is -0.129. The average molecular weight is 813 g/mol. The van der Waals surface area contributed by atoms with Crippen LogP contribution in [0.15, 0.2) is 44.6 Å². The van der Waals surface area contributed by atoms with Crippen LogP contribution in [-0.2, 0) is 11.3 Å². The standard InChI is InChI=1S/C41H46F2N10O6/c1-5-49-20-30(37(56)25-15-28(42)32(17-31(25)49)51-13-11-50(12-14-51)22(2)54)44-40(57)45-41-47-46-39(59-41)27-19-53(24-8-9-24)34-26(36(27)55)16-29(43)35(38(34)58-4)52-18-23-7-6-10-48(3)33(23)21-52/h15-17,19-20,23-24,33H,5-14,18,21H2,1-4H3,(H2,44,45,47,57). The first-order valence-electron chi connectivity index (χ1n) is 20.1. The Kier molecular flexibility index (Phi) is 9.76. The third-order valence-electron chi connectivity index (χ3n) is 12.4. The number of amides is 3. The molecule has 0 radical (unpaired) electrons. The number of hydrogen-bond donors (Lipinski definition) is 2. The number of likely N-dealkylation sites (tertiary alicyclic amines) is 1. The summed E-state index contributed by atoms with van der Waals surface area (Å²) in [6, 6.07) is 3.17. The van der Waals surface area contributed by atoms with Gasteiger partial charge in [0.1, 0.15) is 22.8 Å². The monoisotopic (exact) mass is 812 g/mol. The highest BCUT2D eigenvalue weighted by Gasteiger charge is 2.40. The molecule has 4 aliphatic rings. The summed E-state index contributed by atoms with van der Waals surface area (Å²) in [5.74, 6) is -0.653. The number of nitrogens with one attached hydrogen (secondary N) is 2. The molecule has 2 aromatic carbocycles. The van der Waals surface area contributed by atoms with Crippen LogP contribution in [0.1, 0.15) is 45.6 Å². The van der Waals surface area contributed by atoms with Gasteiger partial charge in [0.25, 0.3) is 5.89 Å². The maximum Gasteiger partial charge on any atom is 0.327 e. The van der Waals surface area contributed by atoms with Crippen LogP contribution in [0.25, 0.3) is 33.3 Å². The van der Waals surface area contributed by atoms with E-state index in [4.69, 9.17) is 9.15 Å². The Morgan fingerprint density at radius 1 is 0.915 bits per heavy atom. The largest absolute Gasteiger partial charge is 0.492 e. The van der Waals surface area contributed by atoms with Gasteiger partial charge in [-0.15, -0.1) is 5.10 Å². The van der Waals surface area contributed by atoms with Crippen LogP contribution in [0.5, 0.6) is 5.75 Å². The molecule has 18 heteroatoms. The second-order valence-corrected chi connectivity index (χ2v) is 16.0. The number of pyridine rings is 2. The van der Waals surface area contributed by atoms with Gasteiger partial charge in [0.15, 0.2) is 11.6 Å². The molecule has 5 aromatic rings. The highest BCUT2D eigenvalue weighted by molar-refractivity contribution is 6.00. The Hall–Kier alpha value is -6.04. The normalized spacial score (nSPS) is 19.7. The summed E-state index contributed by atoms with van der Waals surface area (Å²) in [5.41, 5.74) is 0.426. The van der Waals surface area contributed by atoms with Crippen LogP contribution in [0.2, 0.25) is 0 Å². The minimum absolute atomic E-state index is 0.0240. The van der Waals surface area contributed by atoms with Crippen LogP contribution in [0.3, 0.4) is 0 Å². The summed E-state index contributed by atoms with van der Waals surface area (Å²) < 4.78 is 47.1. The Balaban J connectivity index is 0.975. The summed E-state index contributed by atoms with van der Waals surface area (Å²) in [7, 11) is 3.61. The Morgan fingerprint density at radius 3 is 2.37 bits per heavy atom. The summed E-state index contributed by atoms with van der Waals surface area (Å²) in [6.45, 7) is 7.93. The lowest BCUT2D eigenvalue weighted by atomic mass is 9.93. The van der Waals surface area contributed by atoms with Crippen molar-refractivity contribution in [1.29, 1.82) is 0 Å². The van der Waals surface area contributed by atoms with E-state index in [1.54, 1.807) is 21.7 Å². The van der Waals surface area contributed by atoms with Gasteiger partial charge >= 0.3 is 12.0 Å². The fourth-order valence-electron chi connectivity index (χ4n) is 9.20. The third kappa shape index (κ3) is 6.81. The van der Waals surface area contributed by atoms with Gasteiger partial charge < -0.3 is 43.2 Å². The number of halogens is 2. The first-order valence-corrected chi connectivity index (χ1v) is 20.1. The zero-order valence-corrected chi connectivity index (χ0v) is 33.4. The number of fused-ring (bicyclic) bond motifs is 3. The number of urea groups is 1. The maximum absolute atomic E-state index is 16.2. The van der Waals surface area contributed by atoms with Gasteiger partial charge in [-0.25, -0.2) is 13.6 Å². The fourth-order valence-corrected chi connectivity index (χ4v) is 9.20. The van der Waals surface area contributed by atoms with Crippen LogP contribution >= 0.6 is 0 Å². The molecule has 59 heavy (non-hydrogen) atoms. The number of hydrogen-bond acceptors (Lipinski definition) is 11. The van der Waals surface area contributed by atoms with Crippen LogP contribution in [0, 0.1) is 17.6 Å². The van der Waals surface area contributed by atoms with Crippen molar-refractivity contribution in [3.63, 3.8) is 0 Å². The molecule has 16 nitrogen and oxygen atoms in total. The van der Waals surface area contributed by atoms with E-state index in [1.807, 2.05) is 21.3 Å². The van der Waals surface area contributed by atoms with Crippen molar-refractivity contribution in [1.82, 2.24) is 29.1 Å². The van der Waals surface area contributed by atoms with Crippen molar-refractivity contribution in [2.45, 2.75) is 58.2 Å². The minimum atomic E-state index is -0.888. The molecule has 2 unspecified atom stereocenters. The molecule has 9 rings (SSSR count). The van der Waals surface area contributed by atoms with Gasteiger partial charge in [-0.05, 0) is 70.3 Å². The molecule has 2 N–H and O–H groups in total. The fraction of sp³-hybridized carbons (Fsp3) is 0.463. The topological polar surface area (TPSA) is 163 Å². The molecule has 4 fully saturated rings. The molecule has 3 saturated heterocycles. The predicted molar refractivity (Wildman–Crippen MR) is 219 cm³/mol. The van der Waals surface area contributed by atoms with Crippen LogP contribution in [0.4, 0.5) is 36.7 Å². The van der Waals surface area contributed by atoms with E-state index in [-0.39, 0.29) is 45.9 Å². The molecule has 0 spiro atoms. The number of rotatable bonds is 8. The van der Waals surface area contributed by atoms with Gasteiger partial charge in [0.05, 0.1) is 34.6 Å². The Morgan fingerprint density at radius 2 is 1.68 bits per heavy atom. The summed E-state index contributed by atoms with van der Waals surface area (Å²) >= 11 is 0. The van der Waals surface area contributed by atoms with E-state index >= 15 is 8.78 Å². The van der Waals surface area contributed by atoms with Crippen molar-refractivity contribution in [2.75, 3.05) is 80.4 Å². The van der Waals surface area contributed by atoms with E-state index < -0.39 is 28.5 Å². The van der Waals surface area contributed by atoms with Crippen molar-refractivity contribution >= 4 is 56.8 Å². The van der Waals surface area contributed by atoms with Gasteiger partial charge in [-0.1, -0.05) is 5.10 Å². The number of aryl methyl sites for hydroxylation is 1. The molecular weight excluding hydrogens is 767 g/mol. The van der Waals surface area contributed by atoms with Gasteiger partial charge in [0, 0.05) is 77.2 Å². The predicted octanol–water partition coefficient (Wildman–Crippen LogP) is 4.85. The number of piperidine rings is 1. The number of anilines is 4. The number of aromatic nitrogens is 4. The lowest BCUT2D eigenvalue weighted by Crippen LogP contribution is -2.48. The quantitative estimate of drug-likeness (QED) is 0.220. The van der Waals surface area contributed by atoms with E-state index in [0.29, 0.717) is 85.9 Å². The Labute approximate surface area is 337 Å². The molecule has 3 aromatic heterocycles. The number of methoxy groups -OCH3 is 1. The van der Waals surface area contributed by atoms with E-state index in [0.717, 1.165) is 32.2 Å². The second-order valence-electron chi connectivity index (χ2n) is 16.0. The molecule has 3 amide bonds. The SMILES string of the molecule is CCn1cc(NC(=O)Nc2nnc(-c3cn(C4CC4)c4c(OC)c(N5CC6CCCN(C)C6C5)c(F)cc4c3=O)o2)c(=O)c2cc(F)c(N3CCN(C(C)=O)CC3)cc21. The number of likely N-dealkylation sites (N-methyl/N-ethyl adjacent to an activating group) is 1. The maximum atomic E-state index is 16.2. The van der Waals surface area contributed by atoms with Crippen molar-refractivity contribution < 1.29 is 27.5 Å². The van der Waals surface area contributed by atoms with Gasteiger partial charge in [0.2, 0.25) is 16.8 Å². The lowest BCUT2D eigenvalue weighted by Gasteiger charge is -2.36. The number of ether oxygens (including phenoxy) is 1. The first-order chi connectivity index (χ1) is 28.4. The first kappa shape index (κ1) is 38.5. The smallest absolute Gasteiger partial charge is 0.327 e. The van der Waals surface area contributed by atoms with Crippen molar-refractivity contribution in [3.8, 4) is 17.2 Å². The summed E-state index contributed by atoms with van der Waals surface area (Å²) in [6.07, 6.45) is 6.98. The number of piperazine rings is 1. The highest BCUT2D eigenvalue weighted by atomic mass is 19.1. The van der Waals surface area contributed by atoms with E-state index in [9.17, 15) is 19.2 Å². The molecule has 3 aliphatic heterocycles. The Bertz CT molecular complexity index is 2630. The average Bonchev–Trinajstić information content (AvgIpc) is 3.81. The molecule has 1 aliphatic carbocycles. The van der Waals surface area contributed by atoms with E-state index in [2.05, 4.69) is 32.8 Å². The van der Waals surface area contributed by atoms with Crippen molar-refractivity contribution in [2.24, 2.45) is 5.92 Å². The number of nitrogens with zero attached hydrogens (tertiary/aromatic N) is 8. The molecule has 1 saturated carbocycles. The van der Waals surface area contributed by atoms with Gasteiger partial charge in [-0.2, -0.15) is 0 Å². The number of carbonyl (C=O) groups is 2. The third-order valence-corrected chi connectivity index (χ3v) is 12.4. The minimum Gasteiger partial charge on any atom is -0.492 e. The molecular formula is C41H46F2N10O6. The molecule has 310 valence electrons. The zero-order valence-electron chi connectivity index (χ0n) is 33.4. The van der Waals surface area contributed by atoms with E-state index in [1.165, 1.54) is 32.4 Å². The summed E-state index contributed by atoms with van der Waals surface area (Å²) in [5, 5.41) is 13.1. The number of carbonyl (C=O) groups excluding carboxylic acids is 2. The molecule has 0 bridgehead atoms. The highest BCUT2D eigenvalue weighted by Crippen LogP contribution is 2.46. The summed E-state index contributed by atoms with van der Waals surface area (Å²) in [4.78, 5) is 60.7. The molecule has 2 atom stereocenters.